The second-order valence-corrected chi connectivity index (χ2v) is 8.36. The molecule has 3 rings (SSSR count). The topological polar surface area (TPSA) is 97.7 Å². The molecule has 1 N–H and O–H groups in total. The molecule has 11 heteroatoms. The summed E-state index contributed by atoms with van der Waals surface area (Å²) in [4.78, 5) is 24.2. The number of nitrogens with zero attached hydrogens (tertiary/aromatic N) is 2. The Bertz CT molecular complexity index is 1050. The van der Waals surface area contributed by atoms with Gasteiger partial charge >= 0.3 is 0 Å². The standard InChI is InChI=1S/C17H17ClFN3O5S/c18-14-9-12(19)1-3-15(14)20-16(23)11-21-10-13(2-4-17(21)24)28(25,26)22-5-7-27-8-6-22/h1-4,9-10H,5-8,11H2,(H,20,23). The average molecular weight is 430 g/mol. The molecule has 28 heavy (non-hydrogen) atoms. The van der Waals surface area contributed by atoms with Crippen molar-refractivity contribution in [1.29, 1.82) is 0 Å². The molecule has 1 amide bonds. The van der Waals surface area contributed by atoms with E-state index in [4.69, 9.17) is 16.3 Å². The Morgan fingerprint density at radius 3 is 2.61 bits per heavy atom. The van der Waals surface area contributed by atoms with Crippen LogP contribution in [0.2, 0.25) is 5.02 Å². The number of benzene rings is 1. The Hall–Kier alpha value is -2.27. The van der Waals surface area contributed by atoms with Gasteiger partial charge in [-0.3, -0.25) is 9.59 Å². The van der Waals surface area contributed by atoms with Crippen LogP contribution in [0.1, 0.15) is 0 Å². The largest absolute Gasteiger partial charge is 0.379 e. The Morgan fingerprint density at radius 2 is 1.93 bits per heavy atom. The van der Waals surface area contributed by atoms with Crippen molar-refractivity contribution in [3.8, 4) is 0 Å². The van der Waals surface area contributed by atoms with E-state index in [-0.39, 0.29) is 28.7 Å². The van der Waals surface area contributed by atoms with Crippen LogP contribution in [0.15, 0.2) is 46.2 Å². The van der Waals surface area contributed by atoms with Crippen molar-refractivity contribution < 1.29 is 22.3 Å². The summed E-state index contributed by atoms with van der Waals surface area (Å²) in [7, 11) is -3.81. The number of ether oxygens (including phenoxy) is 1. The monoisotopic (exact) mass is 429 g/mol. The highest BCUT2D eigenvalue weighted by molar-refractivity contribution is 7.89. The lowest BCUT2D eigenvalue weighted by molar-refractivity contribution is -0.116. The summed E-state index contributed by atoms with van der Waals surface area (Å²) in [5, 5.41) is 2.47. The molecule has 0 radical (unpaired) electrons. The van der Waals surface area contributed by atoms with Crippen LogP contribution in [0.4, 0.5) is 10.1 Å². The molecule has 0 bridgehead atoms. The Kier molecular flexibility index (Phi) is 6.14. The van der Waals surface area contributed by atoms with E-state index in [0.29, 0.717) is 13.2 Å². The fourth-order valence-electron chi connectivity index (χ4n) is 2.66. The van der Waals surface area contributed by atoms with E-state index in [9.17, 15) is 22.4 Å². The summed E-state index contributed by atoms with van der Waals surface area (Å²) in [5.41, 5.74) is -0.362. The predicted molar refractivity (Wildman–Crippen MR) is 100 cm³/mol. The van der Waals surface area contributed by atoms with E-state index >= 15 is 0 Å². The number of halogens is 2. The van der Waals surface area contributed by atoms with Crippen LogP contribution in [-0.4, -0.2) is 49.5 Å². The maximum Gasteiger partial charge on any atom is 0.251 e. The van der Waals surface area contributed by atoms with Crippen molar-refractivity contribution in [2.75, 3.05) is 31.6 Å². The molecule has 1 fully saturated rings. The lowest BCUT2D eigenvalue weighted by Crippen LogP contribution is -2.41. The Labute approximate surface area is 165 Å². The highest BCUT2D eigenvalue weighted by atomic mass is 35.5. The molecular weight excluding hydrogens is 413 g/mol. The van der Waals surface area contributed by atoms with Gasteiger partial charge in [-0.2, -0.15) is 4.31 Å². The lowest BCUT2D eigenvalue weighted by atomic mass is 10.3. The summed E-state index contributed by atoms with van der Waals surface area (Å²) in [5.74, 6) is -1.17. The fourth-order valence-corrected chi connectivity index (χ4v) is 4.30. The minimum atomic E-state index is -3.81. The van der Waals surface area contributed by atoms with Crippen LogP contribution in [0.5, 0.6) is 0 Å². The number of aromatic nitrogens is 1. The van der Waals surface area contributed by atoms with Crippen molar-refractivity contribution in [2.24, 2.45) is 0 Å². The number of anilines is 1. The number of morpholine rings is 1. The Balaban J connectivity index is 1.79. The summed E-state index contributed by atoms with van der Waals surface area (Å²) in [6.07, 6.45) is 1.12. The third-order valence-corrected chi connectivity index (χ3v) is 6.28. The van der Waals surface area contributed by atoms with Gasteiger partial charge in [-0.05, 0) is 24.3 Å². The molecule has 1 aliphatic rings. The van der Waals surface area contributed by atoms with E-state index in [2.05, 4.69) is 5.32 Å². The second-order valence-electron chi connectivity index (χ2n) is 6.02. The molecule has 2 heterocycles. The zero-order valence-corrected chi connectivity index (χ0v) is 16.2. The van der Waals surface area contributed by atoms with Gasteiger partial charge < -0.3 is 14.6 Å². The quantitative estimate of drug-likeness (QED) is 0.772. The summed E-state index contributed by atoms with van der Waals surface area (Å²) in [6, 6.07) is 5.75. The first-order valence-corrected chi connectivity index (χ1v) is 10.1. The number of hydrogen-bond donors (Lipinski definition) is 1. The minimum absolute atomic E-state index is 0.00402. The van der Waals surface area contributed by atoms with Gasteiger partial charge in [0.1, 0.15) is 12.4 Å². The van der Waals surface area contributed by atoms with Crippen molar-refractivity contribution in [2.45, 2.75) is 11.4 Å². The molecule has 1 aromatic carbocycles. The first kappa shape index (κ1) is 20.5. The number of sulfonamides is 1. The molecule has 8 nitrogen and oxygen atoms in total. The number of amides is 1. The van der Waals surface area contributed by atoms with Gasteiger partial charge in [-0.1, -0.05) is 11.6 Å². The van der Waals surface area contributed by atoms with Crippen LogP contribution >= 0.6 is 11.6 Å². The number of rotatable bonds is 5. The minimum Gasteiger partial charge on any atom is -0.379 e. The average Bonchev–Trinajstić information content (AvgIpc) is 2.66. The van der Waals surface area contributed by atoms with Crippen molar-refractivity contribution in [3.05, 3.63) is 57.7 Å². The number of carbonyl (C=O) groups excluding carboxylic acids is 1. The van der Waals surface area contributed by atoms with Crippen LogP contribution < -0.4 is 10.9 Å². The van der Waals surface area contributed by atoms with Crippen LogP contribution in [0.25, 0.3) is 0 Å². The lowest BCUT2D eigenvalue weighted by Gasteiger charge is -2.26. The second kappa shape index (κ2) is 8.39. The van der Waals surface area contributed by atoms with Crippen LogP contribution in [-0.2, 0) is 26.1 Å². The van der Waals surface area contributed by atoms with Gasteiger partial charge in [0, 0.05) is 25.4 Å². The summed E-state index contributed by atoms with van der Waals surface area (Å²) >= 11 is 5.86. The van der Waals surface area contributed by atoms with E-state index in [1.165, 1.54) is 16.4 Å². The molecular formula is C17H17ClFN3O5S. The van der Waals surface area contributed by atoms with Crippen molar-refractivity contribution >= 4 is 33.2 Å². The predicted octanol–water partition coefficient (Wildman–Crippen LogP) is 1.30. The van der Waals surface area contributed by atoms with Crippen LogP contribution in [0.3, 0.4) is 0 Å². The molecule has 2 aromatic rings. The van der Waals surface area contributed by atoms with Gasteiger partial charge in [0.05, 0.1) is 28.8 Å². The summed E-state index contributed by atoms with van der Waals surface area (Å²) in [6.45, 7) is 0.578. The number of carbonyl (C=O) groups is 1. The maximum atomic E-state index is 13.1. The molecule has 1 saturated heterocycles. The van der Waals surface area contributed by atoms with E-state index in [0.717, 1.165) is 29.0 Å². The van der Waals surface area contributed by atoms with E-state index in [1.807, 2.05) is 0 Å². The summed E-state index contributed by atoms with van der Waals surface area (Å²) < 4.78 is 45.9. The highest BCUT2D eigenvalue weighted by Crippen LogP contribution is 2.22. The fraction of sp³-hybridized carbons (Fsp3) is 0.294. The van der Waals surface area contributed by atoms with Crippen LogP contribution in [0, 0.1) is 5.82 Å². The highest BCUT2D eigenvalue weighted by Gasteiger charge is 2.27. The van der Waals surface area contributed by atoms with Gasteiger partial charge in [0.15, 0.2) is 0 Å². The molecule has 0 aliphatic carbocycles. The zero-order valence-electron chi connectivity index (χ0n) is 14.6. The molecule has 1 aromatic heterocycles. The van der Waals surface area contributed by atoms with E-state index < -0.39 is 33.9 Å². The first-order chi connectivity index (χ1) is 13.3. The first-order valence-electron chi connectivity index (χ1n) is 8.31. The van der Waals surface area contributed by atoms with Gasteiger partial charge in [-0.25, -0.2) is 12.8 Å². The SMILES string of the molecule is O=C(Cn1cc(S(=O)(=O)N2CCOCC2)ccc1=O)Nc1ccc(F)cc1Cl. The molecule has 150 valence electrons. The third kappa shape index (κ3) is 4.58. The van der Waals surface area contributed by atoms with Gasteiger partial charge in [0.25, 0.3) is 5.56 Å². The van der Waals surface area contributed by atoms with Crippen molar-refractivity contribution in [3.63, 3.8) is 0 Å². The molecule has 0 unspecified atom stereocenters. The molecule has 1 aliphatic heterocycles. The molecule has 0 saturated carbocycles. The molecule has 0 spiro atoms. The number of nitrogens with one attached hydrogen (secondary N) is 1. The van der Waals surface area contributed by atoms with Crippen molar-refractivity contribution in [1.82, 2.24) is 8.87 Å². The van der Waals surface area contributed by atoms with Gasteiger partial charge in [-0.15, -0.1) is 0 Å². The Morgan fingerprint density at radius 1 is 1.21 bits per heavy atom. The van der Waals surface area contributed by atoms with Gasteiger partial charge in [0.2, 0.25) is 15.9 Å². The number of pyridine rings is 1. The zero-order chi connectivity index (χ0) is 20.3. The maximum absolute atomic E-state index is 13.1. The molecule has 0 atom stereocenters. The number of hydrogen-bond acceptors (Lipinski definition) is 5. The van der Waals surface area contributed by atoms with E-state index in [1.54, 1.807) is 0 Å². The smallest absolute Gasteiger partial charge is 0.251 e. The third-order valence-electron chi connectivity index (χ3n) is 4.08. The normalized spacial score (nSPS) is 15.4.